The molecule has 0 amide bonds. The highest BCUT2D eigenvalue weighted by Crippen LogP contribution is 2.57. The van der Waals surface area contributed by atoms with Gasteiger partial charge in [0.05, 0.1) is 29.5 Å². The first-order valence-electron chi connectivity index (χ1n) is 11.2. The molecule has 2 atom stereocenters. The Labute approximate surface area is 203 Å². The zero-order valence-electron chi connectivity index (χ0n) is 19.4. The standard InChI is InChI=1S/C26H23F4N3O3/c1-15-9-21(19-12-32-33(22(19)10-15)17-4-6-18(34)7-5-17)31-14-25(26(28,29)30)13-24(2,36-25)20-11-16(27)3-8-23(20)35/h3-12,31,34-35H,13-14H2,1-2H3. The van der Waals surface area contributed by atoms with E-state index in [1.54, 1.807) is 29.1 Å². The Morgan fingerprint density at radius 2 is 1.78 bits per heavy atom. The van der Waals surface area contributed by atoms with E-state index < -0.39 is 36.2 Å². The van der Waals surface area contributed by atoms with Crippen molar-refractivity contribution in [2.24, 2.45) is 0 Å². The van der Waals surface area contributed by atoms with Crippen LogP contribution in [0.3, 0.4) is 0 Å². The molecule has 1 fully saturated rings. The first kappa shape index (κ1) is 23.9. The van der Waals surface area contributed by atoms with Crippen molar-refractivity contribution in [1.82, 2.24) is 9.78 Å². The second-order valence-corrected chi connectivity index (χ2v) is 9.33. The lowest BCUT2D eigenvalue weighted by atomic mass is 9.75. The summed E-state index contributed by atoms with van der Waals surface area (Å²) in [5.41, 5.74) is -1.47. The van der Waals surface area contributed by atoms with Crippen LogP contribution in [0.1, 0.15) is 24.5 Å². The molecule has 10 heteroatoms. The third-order valence-corrected chi connectivity index (χ3v) is 6.58. The van der Waals surface area contributed by atoms with Crippen molar-refractivity contribution in [2.75, 3.05) is 11.9 Å². The minimum atomic E-state index is -4.72. The van der Waals surface area contributed by atoms with Gasteiger partial charge in [-0.05, 0) is 74.0 Å². The maximum Gasteiger partial charge on any atom is 0.419 e. The Morgan fingerprint density at radius 3 is 2.44 bits per heavy atom. The van der Waals surface area contributed by atoms with E-state index in [1.165, 1.54) is 19.1 Å². The van der Waals surface area contributed by atoms with Gasteiger partial charge in [0.1, 0.15) is 17.3 Å². The lowest BCUT2D eigenvalue weighted by Crippen LogP contribution is -2.67. The summed E-state index contributed by atoms with van der Waals surface area (Å²) < 4.78 is 63.5. The molecule has 1 aliphatic heterocycles. The van der Waals surface area contributed by atoms with E-state index in [0.29, 0.717) is 22.3 Å². The molecule has 3 N–H and O–H groups in total. The Morgan fingerprint density at radius 1 is 1.08 bits per heavy atom. The number of aromatic nitrogens is 2. The predicted octanol–water partition coefficient (Wildman–Crippen LogP) is 5.93. The van der Waals surface area contributed by atoms with Crippen molar-refractivity contribution in [2.45, 2.75) is 37.6 Å². The Hall–Kier alpha value is -3.79. The fraction of sp³-hybridized carbons (Fsp3) is 0.269. The maximum absolute atomic E-state index is 14.2. The number of benzene rings is 3. The molecule has 0 spiro atoms. The highest BCUT2D eigenvalue weighted by atomic mass is 19.4. The number of fused-ring (bicyclic) bond motifs is 1. The molecule has 0 saturated carbocycles. The first-order valence-corrected chi connectivity index (χ1v) is 11.2. The van der Waals surface area contributed by atoms with E-state index in [1.807, 2.05) is 13.0 Å². The average molecular weight is 501 g/mol. The van der Waals surface area contributed by atoms with Crippen molar-refractivity contribution in [3.63, 3.8) is 0 Å². The number of alkyl halides is 3. The van der Waals surface area contributed by atoms with Gasteiger partial charge in [-0.2, -0.15) is 18.3 Å². The molecule has 0 radical (unpaired) electrons. The number of anilines is 1. The van der Waals surface area contributed by atoms with Crippen LogP contribution in [0.5, 0.6) is 11.5 Å². The molecule has 5 rings (SSSR count). The summed E-state index contributed by atoms with van der Waals surface area (Å²) in [6.45, 7) is 2.63. The second kappa shape index (κ2) is 8.12. The van der Waals surface area contributed by atoms with E-state index in [4.69, 9.17) is 4.74 Å². The summed E-state index contributed by atoms with van der Waals surface area (Å²) in [4.78, 5) is 0. The monoisotopic (exact) mass is 501 g/mol. The molecule has 0 aliphatic carbocycles. The van der Waals surface area contributed by atoms with Gasteiger partial charge < -0.3 is 20.3 Å². The smallest absolute Gasteiger partial charge is 0.419 e. The van der Waals surface area contributed by atoms with Crippen LogP contribution >= 0.6 is 0 Å². The average Bonchev–Trinajstić information content (AvgIpc) is 3.21. The number of phenols is 2. The number of rotatable bonds is 5. The quantitative estimate of drug-likeness (QED) is 0.295. The van der Waals surface area contributed by atoms with Gasteiger partial charge in [0.15, 0.2) is 5.60 Å². The van der Waals surface area contributed by atoms with E-state index in [2.05, 4.69) is 10.4 Å². The lowest BCUT2D eigenvalue weighted by Gasteiger charge is -2.55. The van der Waals surface area contributed by atoms with Crippen molar-refractivity contribution in [3.8, 4) is 17.2 Å². The zero-order chi connectivity index (χ0) is 25.9. The Bertz CT molecular complexity index is 1440. The van der Waals surface area contributed by atoms with Crippen LogP contribution in [0.2, 0.25) is 0 Å². The third kappa shape index (κ3) is 3.91. The number of halogens is 4. The normalized spacial score (nSPS) is 21.9. The van der Waals surface area contributed by atoms with Crippen LogP contribution in [0.4, 0.5) is 23.2 Å². The summed E-state index contributed by atoms with van der Waals surface area (Å²) in [6, 6.07) is 13.1. The molecular weight excluding hydrogens is 478 g/mol. The van der Waals surface area contributed by atoms with E-state index >= 15 is 0 Å². The van der Waals surface area contributed by atoms with Crippen molar-refractivity contribution < 1.29 is 32.5 Å². The van der Waals surface area contributed by atoms with Gasteiger partial charge in [-0.15, -0.1) is 0 Å². The number of aromatic hydroxyl groups is 2. The molecule has 1 aliphatic rings. The second-order valence-electron chi connectivity index (χ2n) is 9.33. The lowest BCUT2D eigenvalue weighted by molar-refractivity contribution is -0.380. The summed E-state index contributed by atoms with van der Waals surface area (Å²) in [5.74, 6) is -0.905. The van der Waals surface area contributed by atoms with Gasteiger partial charge in [0.25, 0.3) is 0 Å². The van der Waals surface area contributed by atoms with Crippen LogP contribution in [-0.4, -0.2) is 38.3 Å². The topological polar surface area (TPSA) is 79.5 Å². The van der Waals surface area contributed by atoms with Crippen molar-refractivity contribution in [3.05, 3.63) is 77.7 Å². The minimum absolute atomic E-state index is 0.0319. The summed E-state index contributed by atoms with van der Waals surface area (Å²) in [5, 5.41) is 27.6. The molecule has 2 unspecified atom stereocenters. The summed E-state index contributed by atoms with van der Waals surface area (Å²) in [6.07, 6.45) is -3.67. The number of ether oxygens (including phenoxy) is 1. The van der Waals surface area contributed by atoms with Crippen LogP contribution < -0.4 is 5.32 Å². The third-order valence-electron chi connectivity index (χ3n) is 6.58. The SMILES string of the molecule is Cc1cc(NCC2(C(F)(F)F)CC(C)(c3cc(F)ccc3O)O2)c2cnn(-c3ccc(O)cc3)c2c1. The van der Waals surface area contributed by atoms with Crippen LogP contribution in [-0.2, 0) is 10.3 Å². The van der Waals surface area contributed by atoms with Gasteiger partial charge in [-0.1, -0.05) is 0 Å². The first-order chi connectivity index (χ1) is 16.9. The number of phenolic OH excluding ortho intramolecular Hbond substituents is 2. The zero-order valence-corrected chi connectivity index (χ0v) is 19.4. The molecule has 36 heavy (non-hydrogen) atoms. The number of hydrogen-bond donors (Lipinski definition) is 3. The van der Waals surface area contributed by atoms with Gasteiger partial charge in [0, 0.05) is 23.1 Å². The Balaban J connectivity index is 1.45. The van der Waals surface area contributed by atoms with Crippen LogP contribution in [0.25, 0.3) is 16.6 Å². The van der Waals surface area contributed by atoms with Gasteiger partial charge in [0.2, 0.25) is 0 Å². The Kier molecular flexibility index (Phi) is 5.40. The fourth-order valence-electron chi connectivity index (χ4n) is 4.86. The molecule has 1 saturated heterocycles. The van der Waals surface area contributed by atoms with Crippen LogP contribution in [0.15, 0.2) is 60.8 Å². The number of hydrogen-bond acceptors (Lipinski definition) is 5. The molecule has 0 bridgehead atoms. The molecule has 1 aromatic heterocycles. The molecular formula is C26H23F4N3O3. The van der Waals surface area contributed by atoms with Crippen LogP contribution in [0, 0.1) is 12.7 Å². The van der Waals surface area contributed by atoms with Crippen molar-refractivity contribution >= 4 is 16.6 Å². The largest absolute Gasteiger partial charge is 0.508 e. The number of nitrogens with one attached hydrogen (secondary N) is 1. The van der Waals surface area contributed by atoms with Gasteiger partial charge in [-0.25, -0.2) is 9.07 Å². The summed E-state index contributed by atoms with van der Waals surface area (Å²) in [7, 11) is 0. The van der Waals surface area contributed by atoms with Gasteiger partial charge in [-0.3, -0.25) is 0 Å². The highest BCUT2D eigenvalue weighted by Gasteiger charge is 2.68. The minimum Gasteiger partial charge on any atom is -0.508 e. The number of nitrogens with zero attached hydrogens (tertiary/aromatic N) is 2. The molecule has 188 valence electrons. The molecule has 2 heterocycles. The van der Waals surface area contributed by atoms with Gasteiger partial charge >= 0.3 is 6.18 Å². The maximum atomic E-state index is 14.2. The fourth-order valence-corrected chi connectivity index (χ4v) is 4.86. The predicted molar refractivity (Wildman–Crippen MR) is 126 cm³/mol. The molecule has 6 nitrogen and oxygen atoms in total. The highest BCUT2D eigenvalue weighted by molar-refractivity contribution is 5.93. The van der Waals surface area contributed by atoms with Crippen molar-refractivity contribution in [1.29, 1.82) is 0 Å². The summed E-state index contributed by atoms with van der Waals surface area (Å²) >= 11 is 0. The molecule has 3 aromatic carbocycles. The van der Waals surface area contributed by atoms with E-state index in [9.17, 15) is 27.8 Å². The molecule has 4 aromatic rings. The van der Waals surface area contributed by atoms with E-state index in [0.717, 1.165) is 23.8 Å². The van der Waals surface area contributed by atoms with E-state index in [-0.39, 0.29) is 17.1 Å². The number of aryl methyl sites for hydroxylation is 1.